The summed E-state index contributed by atoms with van der Waals surface area (Å²) in [6.07, 6.45) is -0.840. The van der Waals surface area contributed by atoms with Crippen molar-refractivity contribution >= 4 is 11.6 Å². The van der Waals surface area contributed by atoms with Gasteiger partial charge in [-0.2, -0.15) is 5.10 Å². The number of anilines is 1. The average Bonchev–Trinajstić information content (AvgIpc) is 3.00. The fourth-order valence-corrected chi connectivity index (χ4v) is 3.91. The van der Waals surface area contributed by atoms with E-state index in [4.69, 9.17) is 0 Å². The minimum atomic E-state index is -2.85. The fourth-order valence-electron chi connectivity index (χ4n) is 3.91. The zero-order valence-corrected chi connectivity index (χ0v) is 14.5. The average molecular weight is 351 g/mol. The number of aryl methyl sites for hydroxylation is 1. The van der Waals surface area contributed by atoms with Crippen LogP contribution in [0.5, 0.6) is 0 Å². The molecule has 0 aliphatic heterocycles. The van der Waals surface area contributed by atoms with Gasteiger partial charge in [0, 0.05) is 18.9 Å². The standard InChI is InChI=1S/C18H20F3N3O/c1-9-7-18(2,3)14-12(6-5-11(19)13(9)14)22-17(25)10-8-24(4)23-15(10)16(20)21/h5-6,8-9,16H,7H2,1-4H3,(H,22,25). The number of amides is 1. The van der Waals surface area contributed by atoms with Crippen LogP contribution in [0.2, 0.25) is 0 Å². The van der Waals surface area contributed by atoms with Gasteiger partial charge < -0.3 is 5.32 Å². The van der Waals surface area contributed by atoms with Crippen LogP contribution in [0, 0.1) is 5.82 Å². The smallest absolute Gasteiger partial charge is 0.282 e. The third-order valence-corrected chi connectivity index (χ3v) is 4.74. The van der Waals surface area contributed by atoms with Crippen LogP contribution in [0.4, 0.5) is 18.9 Å². The molecule has 25 heavy (non-hydrogen) atoms. The molecule has 1 aliphatic carbocycles. The fraction of sp³-hybridized carbons (Fsp3) is 0.444. The van der Waals surface area contributed by atoms with Crippen LogP contribution in [0.3, 0.4) is 0 Å². The summed E-state index contributed by atoms with van der Waals surface area (Å²) in [5.41, 5.74) is 0.712. The Morgan fingerprint density at radius 3 is 2.72 bits per heavy atom. The van der Waals surface area contributed by atoms with Gasteiger partial charge in [0.1, 0.15) is 11.5 Å². The summed E-state index contributed by atoms with van der Waals surface area (Å²) in [6, 6.07) is 2.80. The molecule has 134 valence electrons. The summed E-state index contributed by atoms with van der Waals surface area (Å²) in [4.78, 5) is 12.5. The van der Waals surface area contributed by atoms with Crippen molar-refractivity contribution in [2.75, 3.05) is 5.32 Å². The number of benzene rings is 1. The van der Waals surface area contributed by atoms with E-state index in [-0.39, 0.29) is 22.7 Å². The molecule has 0 saturated heterocycles. The van der Waals surface area contributed by atoms with E-state index < -0.39 is 18.0 Å². The summed E-state index contributed by atoms with van der Waals surface area (Å²) >= 11 is 0. The first-order valence-electron chi connectivity index (χ1n) is 8.07. The van der Waals surface area contributed by atoms with Crippen molar-refractivity contribution in [3.63, 3.8) is 0 Å². The normalized spacial score (nSPS) is 18.5. The van der Waals surface area contributed by atoms with E-state index >= 15 is 0 Å². The van der Waals surface area contributed by atoms with Crippen LogP contribution in [-0.2, 0) is 12.5 Å². The zero-order valence-electron chi connectivity index (χ0n) is 14.5. The topological polar surface area (TPSA) is 46.9 Å². The molecule has 0 spiro atoms. The Morgan fingerprint density at radius 2 is 2.08 bits per heavy atom. The van der Waals surface area contributed by atoms with Crippen molar-refractivity contribution in [2.45, 2.75) is 45.0 Å². The van der Waals surface area contributed by atoms with E-state index in [0.717, 1.165) is 12.0 Å². The number of carbonyl (C=O) groups excluding carboxylic acids is 1. The predicted octanol–water partition coefficient (Wildman–Crippen LogP) is 4.53. The first kappa shape index (κ1) is 17.5. The zero-order chi connectivity index (χ0) is 18.5. The second kappa shape index (κ2) is 5.89. The van der Waals surface area contributed by atoms with Crippen LogP contribution < -0.4 is 5.32 Å². The number of carbonyl (C=O) groups is 1. The second-order valence-electron chi connectivity index (χ2n) is 7.23. The first-order chi connectivity index (χ1) is 11.6. The summed E-state index contributed by atoms with van der Waals surface area (Å²) in [7, 11) is 1.48. The maximum absolute atomic E-state index is 14.3. The molecule has 1 heterocycles. The summed E-state index contributed by atoms with van der Waals surface area (Å²) in [5.74, 6) is -0.954. The van der Waals surface area contributed by atoms with E-state index in [1.807, 2.05) is 20.8 Å². The number of nitrogens with one attached hydrogen (secondary N) is 1. The number of halogens is 3. The third kappa shape index (κ3) is 2.92. The van der Waals surface area contributed by atoms with E-state index in [1.54, 1.807) is 0 Å². The number of nitrogens with zero attached hydrogens (tertiary/aromatic N) is 2. The molecule has 1 amide bonds. The minimum absolute atomic E-state index is 0.0249. The molecule has 1 unspecified atom stereocenters. The van der Waals surface area contributed by atoms with Crippen molar-refractivity contribution < 1.29 is 18.0 Å². The molecule has 0 radical (unpaired) electrons. The highest BCUT2D eigenvalue weighted by Crippen LogP contribution is 2.49. The molecule has 3 rings (SSSR count). The lowest BCUT2D eigenvalue weighted by atomic mass is 9.85. The highest BCUT2D eigenvalue weighted by molar-refractivity contribution is 6.05. The Hall–Kier alpha value is -2.31. The molecule has 0 saturated carbocycles. The van der Waals surface area contributed by atoms with Gasteiger partial charge in [-0.15, -0.1) is 0 Å². The van der Waals surface area contributed by atoms with Gasteiger partial charge >= 0.3 is 0 Å². The van der Waals surface area contributed by atoms with Gasteiger partial charge in [0.2, 0.25) is 0 Å². The van der Waals surface area contributed by atoms with Crippen molar-refractivity contribution in [1.82, 2.24) is 9.78 Å². The van der Waals surface area contributed by atoms with Crippen LogP contribution in [0.15, 0.2) is 18.3 Å². The molecular formula is C18H20F3N3O. The molecule has 1 N–H and O–H groups in total. The number of hydrogen-bond donors (Lipinski definition) is 1. The molecule has 1 aromatic carbocycles. The summed E-state index contributed by atoms with van der Waals surface area (Å²) in [5, 5.41) is 6.32. The van der Waals surface area contributed by atoms with Crippen LogP contribution in [0.25, 0.3) is 0 Å². The molecule has 7 heteroatoms. The number of alkyl halides is 2. The van der Waals surface area contributed by atoms with Crippen molar-refractivity contribution in [3.8, 4) is 0 Å². The van der Waals surface area contributed by atoms with E-state index in [0.29, 0.717) is 11.3 Å². The Morgan fingerprint density at radius 1 is 1.40 bits per heavy atom. The second-order valence-corrected chi connectivity index (χ2v) is 7.23. The molecule has 1 aliphatic rings. The highest BCUT2D eigenvalue weighted by Gasteiger charge is 2.39. The SMILES string of the molecule is CC1CC(C)(C)c2c(NC(=O)c3cn(C)nc3C(F)F)ccc(F)c21. The van der Waals surface area contributed by atoms with Crippen molar-refractivity contribution in [3.05, 3.63) is 46.5 Å². The monoisotopic (exact) mass is 351 g/mol. The Bertz CT molecular complexity index is 842. The van der Waals surface area contributed by atoms with Gasteiger partial charge in [-0.1, -0.05) is 20.8 Å². The van der Waals surface area contributed by atoms with E-state index in [9.17, 15) is 18.0 Å². The number of hydrogen-bond acceptors (Lipinski definition) is 2. The maximum atomic E-state index is 14.3. The van der Waals surface area contributed by atoms with Gasteiger partial charge in [-0.25, -0.2) is 13.2 Å². The quantitative estimate of drug-likeness (QED) is 0.883. The van der Waals surface area contributed by atoms with Crippen LogP contribution in [0.1, 0.15) is 66.7 Å². The summed E-state index contributed by atoms with van der Waals surface area (Å²) < 4.78 is 41.6. The van der Waals surface area contributed by atoms with Crippen molar-refractivity contribution in [1.29, 1.82) is 0 Å². The predicted molar refractivity (Wildman–Crippen MR) is 88.6 cm³/mol. The van der Waals surface area contributed by atoms with Gasteiger partial charge in [-0.3, -0.25) is 9.48 Å². The molecule has 4 nitrogen and oxygen atoms in total. The van der Waals surface area contributed by atoms with E-state index in [1.165, 1.54) is 30.1 Å². The minimum Gasteiger partial charge on any atom is -0.322 e. The lowest BCUT2D eigenvalue weighted by Crippen LogP contribution is -2.19. The lowest BCUT2D eigenvalue weighted by molar-refractivity contribution is 0.101. The van der Waals surface area contributed by atoms with Gasteiger partial charge in [-0.05, 0) is 41.0 Å². The first-order valence-corrected chi connectivity index (χ1v) is 8.07. The lowest BCUT2D eigenvalue weighted by Gasteiger charge is -2.23. The Balaban J connectivity index is 2.02. The van der Waals surface area contributed by atoms with Crippen LogP contribution >= 0.6 is 0 Å². The number of fused-ring (bicyclic) bond motifs is 1. The van der Waals surface area contributed by atoms with Crippen LogP contribution in [-0.4, -0.2) is 15.7 Å². The molecule has 2 aromatic rings. The van der Waals surface area contributed by atoms with E-state index in [2.05, 4.69) is 10.4 Å². The summed E-state index contributed by atoms with van der Waals surface area (Å²) in [6.45, 7) is 5.91. The van der Waals surface area contributed by atoms with Gasteiger partial charge in [0.15, 0.2) is 0 Å². The molecule has 1 aromatic heterocycles. The molecule has 0 fully saturated rings. The maximum Gasteiger partial charge on any atom is 0.282 e. The van der Waals surface area contributed by atoms with Gasteiger partial charge in [0.25, 0.3) is 12.3 Å². The highest BCUT2D eigenvalue weighted by atomic mass is 19.3. The largest absolute Gasteiger partial charge is 0.322 e. The van der Waals surface area contributed by atoms with Crippen molar-refractivity contribution in [2.24, 2.45) is 7.05 Å². The Labute approximate surface area is 144 Å². The number of aromatic nitrogens is 2. The molecular weight excluding hydrogens is 331 g/mol. The van der Waals surface area contributed by atoms with Gasteiger partial charge in [0.05, 0.1) is 5.56 Å². The Kier molecular flexibility index (Phi) is 4.13. The molecule has 0 bridgehead atoms. The number of rotatable bonds is 3. The molecule has 1 atom stereocenters. The third-order valence-electron chi connectivity index (χ3n) is 4.74.